The minimum Gasteiger partial charge on any atom is -0.271 e. The first-order valence-electron chi connectivity index (χ1n) is 10.5. The maximum absolute atomic E-state index is 12.7. The highest BCUT2D eigenvalue weighted by molar-refractivity contribution is 7.89. The molecule has 0 unspecified atom stereocenters. The lowest BCUT2D eigenvalue weighted by molar-refractivity contribution is -0.384. The number of benzene rings is 3. The number of hydrogen-bond acceptors (Lipinski definition) is 6. The number of hydrazone groups is 1. The van der Waals surface area contributed by atoms with E-state index in [4.69, 9.17) is 0 Å². The summed E-state index contributed by atoms with van der Waals surface area (Å²) in [6.45, 7) is 5.78. The number of anilines is 1. The van der Waals surface area contributed by atoms with E-state index in [-0.39, 0.29) is 29.4 Å². The quantitative estimate of drug-likeness (QED) is 0.267. The molecule has 0 amide bonds. The maximum atomic E-state index is 12.7. The van der Waals surface area contributed by atoms with Gasteiger partial charge in [-0.1, -0.05) is 68.4 Å². The Bertz CT molecular complexity index is 1250. The van der Waals surface area contributed by atoms with Crippen molar-refractivity contribution in [1.82, 2.24) is 4.31 Å². The van der Waals surface area contributed by atoms with E-state index in [0.29, 0.717) is 5.71 Å². The number of sulfonamides is 1. The molecule has 3 rings (SSSR count). The van der Waals surface area contributed by atoms with E-state index < -0.39 is 14.9 Å². The molecule has 3 aromatic rings. The van der Waals surface area contributed by atoms with Crippen molar-refractivity contribution < 1.29 is 13.3 Å². The van der Waals surface area contributed by atoms with Crippen LogP contribution in [0.3, 0.4) is 0 Å². The molecule has 0 saturated carbocycles. The Balaban J connectivity index is 1.84. The van der Waals surface area contributed by atoms with E-state index in [1.54, 1.807) is 20.8 Å². The number of hydrogen-bond donors (Lipinski definition) is 1. The van der Waals surface area contributed by atoms with Crippen LogP contribution in [-0.4, -0.2) is 36.4 Å². The zero-order valence-corrected chi connectivity index (χ0v) is 19.5. The van der Waals surface area contributed by atoms with E-state index >= 15 is 0 Å². The summed E-state index contributed by atoms with van der Waals surface area (Å²) in [4.78, 5) is 10.9. The minimum absolute atomic E-state index is 0.110. The fourth-order valence-electron chi connectivity index (χ4n) is 3.37. The van der Waals surface area contributed by atoms with Crippen molar-refractivity contribution in [3.8, 4) is 11.1 Å². The van der Waals surface area contributed by atoms with Crippen molar-refractivity contribution in [1.29, 1.82) is 0 Å². The topological polar surface area (TPSA) is 105 Å². The van der Waals surface area contributed by atoms with Gasteiger partial charge in [0.25, 0.3) is 5.69 Å². The van der Waals surface area contributed by atoms with Crippen LogP contribution in [0.2, 0.25) is 0 Å². The Labute approximate surface area is 193 Å². The van der Waals surface area contributed by atoms with Gasteiger partial charge in [-0.15, -0.1) is 0 Å². The van der Waals surface area contributed by atoms with Crippen LogP contribution in [0.15, 0.2) is 82.8 Å². The third kappa shape index (κ3) is 5.44. The molecule has 3 aromatic carbocycles. The monoisotopic (exact) mass is 466 g/mol. The lowest BCUT2D eigenvalue weighted by Gasteiger charge is -2.18. The van der Waals surface area contributed by atoms with Crippen molar-refractivity contribution in [2.24, 2.45) is 5.10 Å². The molecule has 1 N–H and O–H groups in total. The Morgan fingerprint density at radius 1 is 0.970 bits per heavy atom. The second-order valence-electron chi connectivity index (χ2n) is 7.28. The third-order valence-electron chi connectivity index (χ3n) is 5.26. The minimum atomic E-state index is -3.81. The van der Waals surface area contributed by atoms with Gasteiger partial charge < -0.3 is 0 Å². The summed E-state index contributed by atoms with van der Waals surface area (Å²) in [5.41, 5.74) is 6.12. The van der Waals surface area contributed by atoms with Crippen molar-refractivity contribution >= 4 is 27.1 Å². The van der Waals surface area contributed by atoms with E-state index in [1.807, 2.05) is 54.6 Å². The van der Waals surface area contributed by atoms with Gasteiger partial charge in [0.1, 0.15) is 5.69 Å². The van der Waals surface area contributed by atoms with Gasteiger partial charge in [-0.25, -0.2) is 8.42 Å². The molecule has 0 radical (unpaired) electrons. The number of nitro benzene ring substituents is 1. The average molecular weight is 467 g/mol. The Morgan fingerprint density at radius 2 is 1.58 bits per heavy atom. The predicted octanol–water partition coefficient (Wildman–Crippen LogP) is 5.13. The highest BCUT2D eigenvalue weighted by atomic mass is 32.2. The summed E-state index contributed by atoms with van der Waals surface area (Å²) in [5.74, 6) is 0. The second kappa shape index (κ2) is 10.4. The summed E-state index contributed by atoms with van der Waals surface area (Å²) in [6, 6.07) is 21.6. The van der Waals surface area contributed by atoms with Gasteiger partial charge >= 0.3 is 0 Å². The molecule has 9 heteroatoms. The predicted molar refractivity (Wildman–Crippen MR) is 131 cm³/mol. The molecule has 0 atom stereocenters. The van der Waals surface area contributed by atoms with Gasteiger partial charge in [0.15, 0.2) is 0 Å². The van der Waals surface area contributed by atoms with Crippen LogP contribution in [0.1, 0.15) is 26.3 Å². The molecule has 0 heterocycles. The zero-order chi connectivity index (χ0) is 24.0. The summed E-state index contributed by atoms with van der Waals surface area (Å²) in [6.07, 6.45) is 0. The first-order chi connectivity index (χ1) is 15.8. The SMILES string of the molecule is CCN(CC)S(=O)(=O)c1ccc(N/N=C(/C)c2ccc(-c3ccccc3)cc2)c([N+](=O)[O-])c1. The molecule has 0 saturated heterocycles. The van der Waals surface area contributed by atoms with Crippen LogP contribution in [-0.2, 0) is 10.0 Å². The highest BCUT2D eigenvalue weighted by Crippen LogP contribution is 2.29. The molecule has 0 aliphatic heterocycles. The van der Waals surface area contributed by atoms with E-state index in [0.717, 1.165) is 22.8 Å². The molecule has 0 spiro atoms. The maximum Gasteiger partial charge on any atom is 0.295 e. The van der Waals surface area contributed by atoms with Crippen molar-refractivity contribution in [2.75, 3.05) is 18.5 Å². The lowest BCUT2D eigenvalue weighted by Crippen LogP contribution is -2.30. The van der Waals surface area contributed by atoms with Crippen LogP contribution in [0.25, 0.3) is 11.1 Å². The molecular weight excluding hydrogens is 440 g/mol. The molecule has 0 aromatic heterocycles. The van der Waals surface area contributed by atoms with Crippen LogP contribution in [0.4, 0.5) is 11.4 Å². The van der Waals surface area contributed by atoms with Crippen molar-refractivity contribution in [3.63, 3.8) is 0 Å². The molecule has 0 bridgehead atoms. The number of nitrogens with one attached hydrogen (secondary N) is 1. The summed E-state index contributed by atoms with van der Waals surface area (Å²) in [7, 11) is -3.81. The lowest BCUT2D eigenvalue weighted by atomic mass is 10.0. The van der Waals surface area contributed by atoms with Gasteiger partial charge in [0, 0.05) is 19.2 Å². The van der Waals surface area contributed by atoms with Gasteiger partial charge in [-0.2, -0.15) is 9.41 Å². The zero-order valence-electron chi connectivity index (χ0n) is 18.7. The van der Waals surface area contributed by atoms with E-state index in [1.165, 1.54) is 16.4 Å². The molecule has 0 fully saturated rings. The Morgan fingerprint density at radius 3 is 2.15 bits per heavy atom. The smallest absolute Gasteiger partial charge is 0.271 e. The van der Waals surface area contributed by atoms with Crippen LogP contribution < -0.4 is 5.43 Å². The van der Waals surface area contributed by atoms with E-state index in [2.05, 4.69) is 10.5 Å². The molecule has 33 heavy (non-hydrogen) atoms. The highest BCUT2D eigenvalue weighted by Gasteiger charge is 2.25. The van der Waals surface area contributed by atoms with Crippen LogP contribution >= 0.6 is 0 Å². The van der Waals surface area contributed by atoms with Gasteiger partial charge in [-0.05, 0) is 35.7 Å². The molecule has 8 nitrogen and oxygen atoms in total. The Hall–Kier alpha value is -3.56. The molecule has 0 aliphatic rings. The number of nitrogens with zero attached hydrogens (tertiary/aromatic N) is 3. The van der Waals surface area contributed by atoms with Crippen LogP contribution in [0, 0.1) is 10.1 Å². The summed E-state index contributed by atoms with van der Waals surface area (Å²) < 4.78 is 26.7. The Kier molecular flexibility index (Phi) is 7.57. The standard InChI is InChI=1S/C24H26N4O4S/c1-4-27(5-2)33(31,32)22-15-16-23(24(17-22)28(29)30)26-25-18(3)19-11-13-21(14-12-19)20-9-7-6-8-10-20/h6-17,26H,4-5H2,1-3H3/b25-18-. The first kappa shape index (κ1) is 24.1. The molecular formula is C24H26N4O4S. The van der Waals surface area contributed by atoms with Gasteiger partial charge in [0.05, 0.1) is 15.5 Å². The fraction of sp³-hybridized carbons (Fsp3) is 0.208. The van der Waals surface area contributed by atoms with Crippen molar-refractivity contribution in [3.05, 3.63) is 88.5 Å². The number of nitro groups is 1. The molecule has 0 aliphatic carbocycles. The van der Waals surface area contributed by atoms with Crippen LogP contribution in [0.5, 0.6) is 0 Å². The van der Waals surface area contributed by atoms with Gasteiger partial charge in [0.2, 0.25) is 10.0 Å². The first-order valence-corrected chi connectivity index (χ1v) is 12.0. The average Bonchev–Trinajstić information content (AvgIpc) is 2.83. The third-order valence-corrected chi connectivity index (χ3v) is 7.31. The second-order valence-corrected chi connectivity index (χ2v) is 9.22. The normalized spacial score (nSPS) is 12.1. The fourth-order valence-corrected chi connectivity index (χ4v) is 4.85. The summed E-state index contributed by atoms with van der Waals surface area (Å²) >= 11 is 0. The van der Waals surface area contributed by atoms with E-state index in [9.17, 15) is 18.5 Å². The summed E-state index contributed by atoms with van der Waals surface area (Å²) in [5, 5.41) is 15.9. The van der Waals surface area contributed by atoms with Crippen molar-refractivity contribution in [2.45, 2.75) is 25.7 Å². The largest absolute Gasteiger partial charge is 0.295 e. The van der Waals surface area contributed by atoms with Gasteiger partial charge in [-0.3, -0.25) is 15.5 Å². The molecule has 172 valence electrons. The number of rotatable bonds is 9.